The maximum atomic E-state index is 12.3. The molecule has 1 aromatic carbocycles. The molecule has 5 nitrogen and oxygen atoms in total. The zero-order chi connectivity index (χ0) is 18.4. The van der Waals surface area contributed by atoms with Crippen molar-refractivity contribution in [1.82, 2.24) is 9.80 Å². The van der Waals surface area contributed by atoms with E-state index in [9.17, 15) is 4.79 Å². The predicted octanol–water partition coefficient (Wildman–Crippen LogP) is 4.12. The number of ether oxygens (including phenoxy) is 2. The lowest BCUT2D eigenvalue weighted by Gasteiger charge is -2.40. The molecule has 2 aliphatic heterocycles. The molecule has 0 aliphatic carbocycles. The van der Waals surface area contributed by atoms with E-state index in [2.05, 4.69) is 4.90 Å². The predicted molar refractivity (Wildman–Crippen MR) is 98.7 cm³/mol. The molecule has 3 rings (SSSR count). The first-order valence-electron chi connectivity index (χ1n) is 8.48. The van der Waals surface area contributed by atoms with Gasteiger partial charge in [0, 0.05) is 36.8 Å². The first kappa shape index (κ1) is 18.6. The molecule has 1 saturated heterocycles. The van der Waals surface area contributed by atoms with Gasteiger partial charge in [-0.1, -0.05) is 23.2 Å². The fourth-order valence-corrected chi connectivity index (χ4v) is 3.72. The summed E-state index contributed by atoms with van der Waals surface area (Å²) < 4.78 is 11.5. The molecule has 0 N–H and O–H groups in total. The number of benzene rings is 1. The van der Waals surface area contributed by atoms with Crippen LogP contribution in [0.3, 0.4) is 0 Å². The fourth-order valence-electron chi connectivity index (χ4n) is 3.17. The molecule has 138 valence electrons. The number of carbonyl (C=O) groups excluding carboxylic acids is 1. The van der Waals surface area contributed by atoms with Gasteiger partial charge in [0.25, 0.3) is 0 Å². The van der Waals surface area contributed by atoms with Crippen molar-refractivity contribution in [2.75, 3.05) is 26.2 Å². The Labute approximate surface area is 158 Å². The van der Waals surface area contributed by atoms with Crippen molar-refractivity contribution < 1.29 is 14.3 Å². The van der Waals surface area contributed by atoms with E-state index in [1.807, 2.05) is 33.8 Å². The van der Waals surface area contributed by atoms with Gasteiger partial charge in [-0.25, -0.2) is 4.79 Å². The van der Waals surface area contributed by atoms with E-state index in [0.29, 0.717) is 42.0 Å². The van der Waals surface area contributed by atoms with E-state index >= 15 is 0 Å². The maximum absolute atomic E-state index is 12.3. The topological polar surface area (TPSA) is 42.0 Å². The molecule has 1 fully saturated rings. The highest BCUT2D eigenvalue weighted by atomic mass is 35.5. The minimum Gasteiger partial charge on any atom is -0.490 e. The van der Waals surface area contributed by atoms with Crippen molar-refractivity contribution in [3.63, 3.8) is 0 Å². The maximum Gasteiger partial charge on any atom is 0.410 e. The molecule has 1 unspecified atom stereocenters. The summed E-state index contributed by atoms with van der Waals surface area (Å²) in [6.45, 7) is 10.7. The molecule has 2 heterocycles. The third-order valence-electron chi connectivity index (χ3n) is 4.53. The van der Waals surface area contributed by atoms with Crippen LogP contribution in [0.15, 0.2) is 6.07 Å². The monoisotopic (exact) mass is 386 g/mol. The second-order valence-electron chi connectivity index (χ2n) is 7.65. The van der Waals surface area contributed by atoms with Gasteiger partial charge in [-0.15, -0.1) is 0 Å². The number of hydrogen-bond acceptors (Lipinski definition) is 4. The Morgan fingerprint density at radius 3 is 2.72 bits per heavy atom. The van der Waals surface area contributed by atoms with Gasteiger partial charge in [-0.2, -0.15) is 0 Å². The molecular formula is C18H24Cl2N2O3. The first-order valence-corrected chi connectivity index (χ1v) is 9.23. The number of amides is 1. The summed E-state index contributed by atoms with van der Waals surface area (Å²) in [5, 5.41) is 1.23. The van der Waals surface area contributed by atoms with Gasteiger partial charge >= 0.3 is 6.09 Å². The van der Waals surface area contributed by atoms with Crippen molar-refractivity contribution in [1.29, 1.82) is 0 Å². The summed E-state index contributed by atoms with van der Waals surface area (Å²) in [4.78, 5) is 16.4. The van der Waals surface area contributed by atoms with Crippen molar-refractivity contribution >= 4 is 29.3 Å². The van der Waals surface area contributed by atoms with Crippen molar-refractivity contribution in [3.05, 3.63) is 27.2 Å². The largest absolute Gasteiger partial charge is 0.490 e. The molecule has 0 bridgehead atoms. The highest BCUT2D eigenvalue weighted by Crippen LogP contribution is 2.39. The van der Waals surface area contributed by atoms with Crippen LogP contribution in [0.2, 0.25) is 10.0 Å². The smallest absolute Gasteiger partial charge is 0.410 e. The number of rotatable bonds is 0. The van der Waals surface area contributed by atoms with Gasteiger partial charge in [0.05, 0.1) is 11.1 Å². The fraction of sp³-hybridized carbons (Fsp3) is 0.611. The summed E-state index contributed by atoms with van der Waals surface area (Å²) in [5.74, 6) is 0.710. The summed E-state index contributed by atoms with van der Waals surface area (Å²) in [6, 6.07) is 2.03. The molecular weight excluding hydrogens is 363 g/mol. The molecule has 0 spiro atoms. The zero-order valence-electron chi connectivity index (χ0n) is 15.1. The quantitative estimate of drug-likeness (QED) is 0.672. The SMILES string of the molecule is Cc1c(Cl)cc2c(c1Cl)OCC1CN(C(=O)OC(C)(C)C)CCN1C2. The number of piperazine rings is 1. The van der Waals surface area contributed by atoms with Crippen LogP contribution in [0.1, 0.15) is 31.9 Å². The molecule has 0 saturated carbocycles. The zero-order valence-corrected chi connectivity index (χ0v) is 16.6. The first-order chi connectivity index (χ1) is 11.7. The minimum absolute atomic E-state index is 0.101. The number of halogens is 2. The average Bonchev–Trinajstić information content (AvgIpc) is 2.69. The summed E-state index contributed by atoms with van der Waals surface area (Å²) in [7, 11) is 0. The number of nitrogens with zero attached hydrogens (tertiary/aromatic N) is 2. The van der Waals surface area contributed by atoms with Gasteiger partial charge in [0.15, 0.2) is 0 Å². The summed E-state index contributed by atoms with van der Waals surface area (Å²) in [6.07, 6.45) is -0.272. The Morgan fingerprint density at radius 2 is 2.04 bits per heavy atom. The van der Waals surface area contributed by atoms with Crippen LogP contribution < -0.4 is 4.74 Å². The van der Waals surface area contributed by atoms with Gasteiger partial charge in [0.2, 0.25) is 0 Å². The molecule has 2 aliphatic rings. The van der Waals surface area contributed by atoms with Crippen LogP contribution in [-0.4, -0.2) is 53.8 Å². The molecule has 0 radical (unpaired) electrons. The molecule has 1 amide bonds. The minimum atomic E-state index is -0.494. The van der Waals surface area contributed by atoms with Crippen LogP contribution >= 0.6 is 23.2 Å². The lowest BCUT2D eigenvalue weighted by Crippen LogP contribution is -2.56. The Hall–Kier alpha value is -1.17. The van der Waals surface area contributed by atoms with Crippen molar-refractivity contribution in [3.8, 4) is 5.75 Å². The molecule has 1 atom stereocenters. The van der Waals surface area contributed by atoms with Crippen LogP contribution in [0, 0.1) is 6.92 Å². The van der Waals surface area contributed by atoms with Crippen LogP contribution in [-0.2, 0) is 11.3 Å². The van der Waals surface area contributed by atoms with E-state index in [1.165, 1.54) is 0 Å². The van der Waals surface area contributed by atoms with Crippen LogP contribution in [0.5, 0.6) is 5.75 Å². The Morgan fingerprint density at radius 1 is 1.32 bits per heavy atom. The summed E-state index contributed by atoms with van der Waals surface area (Å²) in [5.41, 5.74) is 1.33. The summed E-state index contributed by atoms with van der Waals surface area (Å²) >= 11 is 12.7. The van der Waals surface area contributed by atoms with Crippen molar-refractivity contribution in [2.24, 2.45) is 0 Å². The Kier molecular flexibility index (Phi) is 5.11. The number of hydrogen-bond donors (Lipinski definition) is 0. The van der Waals surface area contributed by atoms with Gasteiger partial charge in [0.1, 0.15) is 18.0 Å². The van der Waals surface area contributed by atoms with E-state index in [-0.39, 0.29) is 12.1 Å². The molecule has 25 heavy (non-hydrogen) atoms. The standard InChI is InChI=1S/C18H24Cl2N2O3/c1-11-14(19)7-12-8-21-5-6-22(17(23)25-18(2,3)4)9-13(21)10-24-16(12)15(11)20/h7,13H,5-6,8-10H2,1-4H3. The highest BCUT2D eigenvalue weighted by molar-refractivity contribution is 6.37. The van der Waals surface area contributed by atoms with Crippen LogP contribution in [0.25, 0.3) is 0 Å². The second-order valence-corrected chi connectivity index (χ2v) is 8.43. The molecule has 7 heteroatoms. The average molecular weight is 387 g/mol. The van der Waals surface area contributed by atoms with Gasteiger partial charge in [-0.05, 0) is 39.3 Å². The lowest BCUT2D eigenvalue weighted by atomic mass is 10.1. The third kappa shape index (κ3) is 3.99. The Bertz CT molecular complexity index is 688. The van der Waals surface area contributed by atoms with Gasteiger partial charge < -0.3 is 14.4 Å². The Balaban J connectivity index is 1.75. The van der Waals surface area contributed by atoms with E-state index in [1.54, 1.807) is 4.90 Å². The van der Waals surface area contributed by atoms with E-state index < -0.39 is 5.60 Å². The second kappa shape index (κ2) is 6.86. The molecule has 1 aromatic rings. The van der Waals surface area contributed by atoms with E-state index in [4.69, 9.17) is 32.7 Å². The van der Waals surface area contributed by atoms with Crippen LogP contribution in [0.4, 0.5) is 4.79 Å². The number of fused-ring (bicyclic) bond motifs is 2. The van der Waals surface area contributed by atoms with E-state index in [0.717, 1.165) is 17.7 Å². The highest BCUT2D eigenvalue weighted by Gasteiger charge is 2.35. The third-order valence-corrected chi connectivity index (χ3v) is 5.38. The normalized spacial score (nSPS) is 21.0. The van der Waals surface area contributed by atoms with Gasteiger partial charge in [-0.3, -0.25) is 4.90 Å². The number of carbonyl (C=O) groups is 1. The lowest BCUT2D eigenvalue weighted by molar-refractivity contribution is -0.00154. The van der Waals surface area contributed by atoms with Crippen molar-refractivity contribution in [2.45, 2.75) is 45.9 Å². The molecule has 0 aromatic heterocycles.